The molecule has 0 heterocycles. The molecule has 0 amide bonds. The van der Waals surface area contributed by atoms with Crippen LogP contribution in [-0.4, -0.2) is 6.11 Å². The van der Waals surface area contributed by atoms with Crippen molar-refractivity contribution < 1.29 is 26.7 Å². The highest BCUT2D eigenvalue weighted by Gasteiger charge is 2.40. The maximum atomic E-state index is 14.5. The Balaban J connectivity index is 1.83. The van der Waals surface area contributed by atoms with Gasteiger partial charge < -0.3 is 4.74 Å². The first kappa shape index (κ1) is 19.9. The van der Waals surface area contributed by atoms with Gasteiger partial charge in [0.2, 0.25) is 0 Å². The highest BCUT2D eigenvalue weighted by molar-refractivity contribution is 5.76. The molecule has 3 rings (SSSR count). The molecule has 1 aliphatic rings. The summed E-state index contributed by atoms with van der Waals surface area (Å²) in [5.41, 5.74) is 2.22. The van der Waals surface area contributed by atoms with Crippen LogP contribution in [0.15, 0.2) is 72.6 Å². The zero-order valence-electron chi connectivity index (χ0n) is 14.9. The third kappa shape index (κ3) is 4.50. The second kappa shape index (κ2) is 8.00. The molecule has 0 bridgehead atoms. The molecule has 0 saturated heterocycles. The highest BCUT2D eigenvalue weighted by Crippen LogP contribution is 2.35. The Kier molecular flexibility index (Phi) is 5.68. The van der Waals surface area contributed by atoms with E-state index in [1.54, 1.807) is 12.1 Å². The molecule has 0 aliphatic heterocycles. The first-order chi connectivity index (χ1) is 13.3. The van der Waals surface area contributed by atoms with Gasteiger partial charge in [0.1, 0.15) is 17.5 Å². The monoisotopic (exact) mass is 392 g/mol. The topological polar surface area (TPSA) is 9.23 Å². The van der Waals surface area contributed by atoms with Crippen LogP contribution in [-0.2, 0) is 6.42 Å². The molecule has 0 N–H and O–H groups in total. The van der Waals surface area contributed by atoms with Crippen molar-refractivity contribution in [1.82, 2.24) is 0 Å². The van der Waals surface area contributed by atoms with Crippen LogP contribution in [0.3, 0.4) is 0 Å². The molecule has 0 saturated carbocycles. The molecule has 0 aromatic heterocycles. The molecular weight excluding hydrogens is 375 g/mol. The normalized spacial score (nSPS) is 17.0. The fraction of sp³-hybridized carbons (Fsp3) is 0.182. The van der Waals surface area contributed by atoms with E-state index >= 15 is 0 Å². The summed E-state index contributed by atoms with van der Waals surface area (Å²) in [4.78, 5) is 0. The van der Waals surface area contributed by atoms with Gasteiger partial charge in [0.05, 0.1) is 0 Å². The Morgan fingerprint density at radius 3 is 2.32 bits per heavy atom. The minimum absolute atomic E-state index is 0.433. The molecule has 2 aromatic rings. The van der Waals surface area contributed by atoms with Crippen molar-refractivity contribution in [3.05, 3.63) is 95.4 Å². The van der Waals surface area contributed by atoms with Gasteiger partial charge in [0, 0.05) is 6.07 Å². The Labute approximate surface area is 159 Å². The molecule has 28 heavy (non-hydrogen) atoms. The lowest BCUT2D eigenvalue weighted by molar-refractivity contribution is -0.193. The summed E-state index contributed by atoms with van der Waals surface area (Å²) in [7, 11) is 0. The smallest absolute Gasteiger partial charge is 0.407 e. The number of rotatable bonds is 5. The van der Waals surface area contributed by atoms with Crippen LogP contribution in [0.4, 0.5) is 22.0 Å². The number of benzene rings is 2. The number of hydrogen-bond donors (Lipinski definition) is 0. The van der Waals surface area contributed by atoms with Gasteiger partial charge in [-0.3, -0.25) is 0 Å². The summed E-state index contributed by atoms with van der Waals surface area (Å²) in [6, 6.07) is 9.43. The summed E-state index contributed by atoms with van der Waals surface area (Å²) in [6.45, 7) is 2.00. The van der Waals surface area contributed by atoms with Gasteiger partial charge >= 0.3 is 6.11 Å². The molecule has 2 aromatic carbocycles. The lowest BCUT2D eigenvalue weighted by Gasteiger charge is -2.22. The molecule has 0 fully saturated rings. The number of aryl methyl sites for hydroxylation is 1. The molecule has 0 radical (unpaired) electrons. The summed E-state index contributed by atoms with van der Waals surface area (Å²) in [5.74, 6) is -5.63. The van der Waals surface area contributed by atoms with Crippen molar-refractivity contribution in [3.8, 4) is 5.75 Å². The SMILES string of the molecule is CCc1ccc(C2=CC(F)=CC(C(F)(F)Oc3ccc(F)c(F)c3)C=C2)cc1. The molecule has 0 spiro atoms. The fourth-order valence-corrected chi connectivity index (χ4v) is 2.77. The maximum absolute atomic E-state index is 14.5. The van der Waals surface area contributed by atoms with Gasteiger partial charge in [0.15, 0.2) is 11.6 Å². The zero-order chi connectivity index (χ0) is 20.3. The standard InChI is InChI=1S/C22H17F5O/c1-2-14-3-5-15(6-4-14)16-7-8-17(12-18(23)11-16)22(26,27)28-19-9-10-20(24)21(25)13-19/h3-13,17H,2H2,1H3. The van der Waals surface area contributed by atoms with Crippen molar-refractivity contribution in [2.45, 2.75) is 19.5 Å². The van der Waals surface area contributed by atoms with Crippen molar-refractivity contribution in [3.63, 3.8) is 0 Å². The van der Waals surface area contributed by atoms with Gasteiger partial charge in [0.25, 0.3) is 0 Å². The quantitative estimate of drug-likeness (QED) is 0.520. The molecule has 1 unspecified atom stereocenters. The molecule has 6 heteroatoms. The molecular formula is C22H17F5O. The van der Waals surface area contributed by atoms with Crippen molar-refractivity contribution in [2.75, 3.05) is 0 Å². The summed E-state index contributed by atoms with van der Waals surface area (Å²) in [5, 5.41) is 0. The van der Waals surface area contributed by atoms with Crippen LogP contribution in [0.2, 0.25) is 0 Å². The number of alkyl halides is 2. The van der Waals surface area contributed by atoms with E-state index in [0.29, 0.717) is 23.3 Å². The Morgan fingerprint density at radius 2 is 1.68 bits per heavy atom. The van der Waals surface area contributed by atoms with E-state index in [-0.39, 0.29) is 0 Å². The minimum atomic E-state index is -3.87. The average molecular weight is 392 g/mol. The molecule has 1 nitrogen and oxygen atoms in total. The number of allylic oxidation sites excluding steroid dienone is 4. The Hall–Kier alpha value is -2.89. The fourth-order valence-electron chi connectivity index (χ4n) is 2.77. The number of halogens is 5. The van der Waals surface area contributed by atoms with Gasteiger partial charge in [-0.1, -0.05) is 43.3 Å². The van der Waals surface area contributed by atoms with Crippen molar-refractivity contribution in [2.24, 2.45) is 5.92 Å². The van der Waals surface area contributed by atoms with E-state index in [0.717, 1.165) is 36.3 Å². The first-order valence-corrected chi connectivity index (χ1v) is 8.67. The second-order valence-electron chi connectivity index (χ2n) is 6.33. The maximum Gasteiger partial charge on any atom is 0.407 e. The largest absolute Gasteiger partial charge is 0.432 e. The van der Waals surface area contributed by atoms with Gasteiger partial charge in [-0.2, -0.15) is 8.78 Å². The zero-order valence-corrected chi connectivity index (χ0v) is 14.9. The van der Waals surface area contributed by atoms with Crippen LogP contribution in [0, 0.1) is 17.6 Å². The van der Waals surface area contributed by atoms with E-state index in [2.05, 4.69) is 4.74 Å². The minimum Gasteiger partial charge on any atom is -0.432 e. The predicted molar refractivity (Wildman–Crippen MR) is 97.6 cm³/mol. The van der Waals surface area contributed by atoms with Crippen molar-refractivity contribution >= 4 is 5.57 Å². The highest BCUT2D eigenvalue weighted by atomic mass is 19.3. The van der Waals surface area contributed by atoms with Gasteiger partial charge in [-0.25, -0.2) is 13.2 Å². The average Bonchev–Trinajstić information content (AvgIpc) is 2.87. The van der Waals surface area contributed by atoms with Crippen LogP contribution in [0.5, 0.6) is 5.75 Å². The third-order valence-corrected chi connectivity index (χ3v) is 4.34. The lowest BCUT2D eigenvalue weighted by Crippen LogP contribution is -2.32. The van der Waals surface area contributed by atoms with E-state index in [1.807, 2.05) is 19.1 Å². The van der Waals surface area contributed by atoms with Crippen LogP contribution < -0.4 is 4.74 Å². The van der Waals surface area contributed by atoms with Gasteiger partial charge in [-0.05, 0) is 47.4 Å². The van der Waals surface area contributed by atoms with Crippen LogP contribution in [0.1, 0.15) is 18.1 Å². The van der Waals surface area contributed by atoms with E-state index in [9.17, 15) is 22.0 Å². The number of ether oxygens (including phenoxy) is 1. The number of hydrogen-bond acceptors (Lipinski definition) is 1. The van der Waals surface area contributed by atoms with Crippen molar-refractivity contribution in [1.29, 1.82) is 0 Å². The van der Waals surface area contributed by atoms with E-state index in [1.165, 1.54) is 6.08 Å². The summed E-state index contributed by atoms with van der Waals surface area (Å²) >= 11 is 0. The molecule has 1 atom stereocenters. The van der Waals surface area contributed by atoms with Crippen LogP contribution in [0.25, 0.3) is 5.57 Å². The van der Waals surface area contributed by atoms with Crippen LogP contribution >= 0.6 is 0 Å². The third-order valence-electron chi connectivity index (χ3n) is 4.34. The Morgan fingerprint density at radius 1 is 0.964 bits per heavy atom. The first-order valence-electron chi connectivity index (χ1n) is 8.67. The second-order valence-corrected chi connectivity index (χ2v) is 6.33. The molecule has 1 aliphatic carbocycles. The summed E-state index contributed by atoms with van der Waals surface area (Å²) < 4.78 is 73.9. The lowest BCUT2D eigenvalue weighted by atomic mass is 10.0. The van der Waals surface area contributed by atoms with Gasteiger partial charge in [-0.15, -0.1) is 0 Å². The Bertz CT molecular complexity index is 942. The van der Waals surface area contributed by atoms with E-state index in [4.69, 9.17) is 0 Å². The molecule has 146 valence electrons. The predicted octanol–water partition coefficient (Wildman–Crippen LogP) is 6.62. The van der Waals surface area contributed by atoms with E-state index < -0.39 is 35.2 Å². The summed E-state index contributed by atoms with van der Waals surface area (Å²) in [6.07, 6.45) is 1.37.